The van der Waals surface area contributed by atoms with E-state index >= 15 is 0 Å². The van der Waals surface area contributed by atoms with E-state index in [4.69, 9.17) is 9.40 Å². The van der Waals surface area contributed by atoms with E-state index in [2.05, 4.69) is 104 Å². The van der Waals surface area contributed by atoms with Crippen molar-refractivity contribution < 1.29 is 4.42 Å². The van der Waals surface area contributed by atoms with Crippen LogP contribution in [0.5, 0.6) is 0 Å². The van der Waals surface area contributed by atoms with Gasteiger partial charge in [0, 0.05) is 22.5 Å². The zero-order valence-corrected chi connectivity index (χ0v) is 19.9. The number of aromatic nitrogens is 1. The van der Waals surface area contributed by atoms with Crippen molar-refractivity contribution in [3.8, 4) is 33.5 Å². The zero-order chi connectivity index (χ0) is 24.1. The molecule has 5 aromatic carbocycles. The summed E-state index contributed by atoms with van der Waals surface area (Å²) in [5.74, 6) is 0. The van der Waals surface area contributed by atoms with Crippen molar-refractivity contribution >= 4 is 32.7 Å². The van der Waals surface area contributed by atoms with E-state index in [0.717, 1.165) is 38.8 Å². The van der Waals surface area contributed by atoms with Crippen molar-refractivity contribution in [2.24, 2.45) is 0 Å². The van der Waals surface area contributed by atoms with Gasteiger partial charge in [0.05, 0.1) is 5.69 Å². The highest BCUT2D eigenvalue weighted by molar-refractivity contribution is 6.09. The Bertz CT molecular complexity index is 1900. The topological polar surface area (TPSA) is 26.0 Å². The minimum atomic E-state index is 0.882. The number of hydrogen-bond acceptors (Lipinski definition) is 2. The molecule has 170 valence electrons. The highest BCUT2D eigenvalue weighted by Crippen LogP contribution is 2.37. The van der Waals surface area contributed by atoms with Gasteiger partial charge >= 0.3 is 0 Å². The third kappa shape index (κ3) is 3.38. The Morgan fingerprint density at radius 1 is 0.556 bits per heavy atom. The lowest BCUT2D eigenvalue weighted by molar-refractivity contribution is 0.670. The van der Waals surface area contributed by atoms with Crippen LogP contribution < -0.4 is 0 Å². The molecule has 2 heterocycles. The molecule has 2 nitrogen and oxygen atoms in total. The molecule has 0 saturated heterocycles. The lowest BCUT2D eigenvalue weighted by atomic mass is 9.94. The Balaban J connectivity index is 1.34. The SMILES string of the molecule is Cc1cc2cc(-c3ccccc3)ccc2cc1-c1ccnc(-c2cccc3c2oc2ccccc23)c1. The average molecular weight is 462 g/mol. The van der Waals surface area contributed by atoms with Gasteiger partial charge in [-0.3, -0.25) is 4.98 Å². The first-order valence-electron chi connectivity index (χ1n) is 12.2. The molecule has 0 saturated carbocycles. The molecule has 7 rings (SSSR count). The predicted molar refractivity (Wildman–Crippen MR) is 150 cm³/mol. The second-order valence-electron chi connectivity index (χ2n) is 9.31. The Morgan fingerprint density at radius 2 is 1.39 bits per heavy atom. The van der Waals surface area contributed by atoms with Crippen LogP contribution >= 0.6 is 0 Å². The van der Waals surface area contributed by atoms with Gasteiger partial charge in [0.15, 0.2) is 0 Å². The molecule has 2 aromatic heterocycles. The van der Waals surface area contributed by atoms with Crippen LogP contribution in [-0.2, 0) is 0 Å². The number of para-hydroxylation sites is 2. The van der Waals surface area contributed by atoms with Gasteiger partial charge in [-0.05, 0) is 81.9 Å². The minimum Gasteiger partial charge on any atom is -0.455 e. The Morgan fingerprint density at radius 3 is 2.31 bits per heavy atom. The van der Waals surface area contributed by atoms with Gasteiger partial charge < -0.3 is 4.42 Å². The third-order valence-corrected chi connectivity index (χ3v) is 7.04. The first kappa shape index (κ1) is 20.7. The number of hydrogen-bond donors (Lipinski definition) is 0. The summed E-state index contributed by atoms with van der Waals surface area (Å²) in [4.78, 5) is 4.73. The highest BCUT2D eigenvalue weighted by atomic mass is 16.3. The van der Waals surface area contributed by atoms with Gasteiger partial charge in [-0.25, -0.2) is 0 Å². The molecule has 0 N–H and O–H groups in total. The smallest absolute Gasteiger partial charge is 0.144 e. The Hall–Kier alpha value is -4.69. The van der Waals surface area contributed by atoms with Gasteiger partial charge in [0.1, 0.15) is 11.2 Å². The molecule has 2 heteroatoms. The first-order chi connectivity index (χ1) is 17.7. The summed E-state index contributed by atoms with van der Waals surface area (Å²) in [5.41, 5.74) is 9.79. The van der Waals surface area contributed by atoms with Crippen LogP contribution in [0.2, 0.25) is 0 Å². The Labute approximate surface area is 209 Å². The van der Waals surface area contributed by atoms with E-state index in [9.17, 15) is 0 Å². The summed E-state index contributed by atoms with van der Waals surface area (Å²) < 4.78 is 6.27. The largest absolute Gasteiger partial charge is 0.455 e. The highest BCUT2D eigenvalue weighted by Gasteiger charge is 2.14. The van der Waals surface area contributed by atoms with Gasteiger partial charge in [0.25, 0.3) is 0 Å². The van der Waals surface area contributed by atoms with Crippen LogP contribution in [0.1, 0.15) is 5.56 Å². The maximum atomic E-state index is 6.27. The number of nitrogens with zero attached hydrogens (tertiary/aromatic N) is 1. The number of rotatable bonds is 3. The molecule has 0 atom stereocenters. The second kappa shape index (κ2) is 8.21. The normalized spacial score (nSPS) is 11.5. The van der Waals surface area contributed by atoms with E-state index in [0.29, 0.717) is 0 Å². The van der Waals surface area contributed by atoms with E-state index in [1.165, 1.54) is 33.0 Å². The fraction of sp³-hybridized carbons (Fsp3) is 0.0294. The van der Waals surface area contributed by atoms with Crippen LogP contribution in [0.4, 0.5) is 0 Å². The average Bonchev–Trinajstić information content (AvgIpc) is 3.32. The standard InChI is InChI=1S/C34H23NO/c1-22-18-27-19-24(23-8-3-2-4-9-23)14-15-25(27)20-31(22)26-16-17-35-32(21-26)30-12-7-11-29-28-10-5-6-13-33(28)36-34(29)30/h2-21H,1H3. The zero-order valence-electron chi connectivity index (χ0n) is 19.9. The van der Waals surface area contributed by atoms with Crippen molar-refractivity contribution in [2.75, 3.05) is 0 Å². The van der Waals surface area contributed by atoms with Gasteiger partial charge in [-0.15, -0.1) is 0 Å². The quantitative estimate of drug-likeness (QED) is 0.262. The summed E-state index contributed by atoms with van der Waals surface area (Å²) in [7, 11) is 0. The number of aryl methyl sites for hydroxylation is 1. The number of fused-ring (bicyclic) bond motifs is 4. The molecular formula is C34H23NO. The maximum Gasteiger partial charge on any atom is 0.144 e. The molecule has 0 bridgehead atoms. The second-order valence-corrected chi connectivity index (χ2v) is 9.31. The molecular weight excluding hydrogens is 438 g/mol. The molecule has 0 fully saturated rings. The van der Waals surface area contributed by atoms with E-state index < -0.39 is 0 Å². The maximum absolute atomic E-state index is 6.27. The first-order valence-corrected chi connectivity index (χ1v) is 12.2. The minimum absolute atomic E-state index is 0.882. The van der Waals surface area contributed by atoms with E-state index in [1.54, 1.807) is 0 Å². The monoisotopic (exact) mass is 461 g/mol. The molecule has 0 aliphatic carbocycles. The van der Waals surface area contributed by atoms with Crippen LogP contribution in [0.25, 0.3) is 66.2 Å². The van der Waals surface area contributed by atoms with Crippen LogP contribution in [0, 0.1) is 6.92 Å². The lowest BCUT2D eigenvalue weighted by Gasteiger charge is -2.12. The summed E-state index contributed by atoms with van der Waals surface area (Å²) in [6, 6.07) is 40.6. The molecule has 0 aliphatic heterocycles. The van der Waals surface area contributed by atoms with Crippen molar-refractivity contribution in [3.05, 3.63) is 127 Å². The summed E-state index contributed by atoms with van der Waals surface area (Å²) in [5, 5.41) is 4.73. The fourth-order valence-electron chi connectivity index (χ4n) is 5.23. The van der Waals surface area contributed by atoms with Crippen molar-refractivity contribution in [1.29, 1.82) is 0 Å². The van der Waals surface area contributed by atoms with Crippen LogP contribution in [-0.4, -0.2) is 4.98 Å². The molecule has 36 heavy (non-hydrogen) atoms. The van der Waals surface area contributed by atoms with Crippen LogP contribution in [0.3, 0.4) is 0 Å². The van der Waals surface area contributed by atoms with Crippen molar-refractivity contribution in [1.82, 2.24) is 4.98 Å². The van der Waals surface area contributed by atoms with E-state index in [1.807, 2.05) is 24.4 Å². The number of pyridine rings is 1. The molecule has 0 aliphatic rings. The Kier molecular flexibility index (Phi) is 4.71. The predicted octanol–water partition coefficient (Wildman–Crippen LogP) is 9.44. The molecule has 0 spiro atoms. The third-order valence-electron chi connectivity index (χ3n) is 7.04. The molecule has 0 amide bonds. The summed E-state index contributed by atoms with van der Waals surface area (Å²) in [6.45, 7) is 2.18. The fourth-order valence-corrected chi connectivity index (χ4v) is 5.23. The van der Waals surface area contributed by atoms with Gasteiger partial charge in [0.2, 0.25) is 0 Å². The molecule has 0 unspecified atom stereocenters. The lowest BCUT2D eigenvalue weighted by Crippen LogP contribution is -1.89. The van der Waals surface area contributed by atoms with Gasteiger partial charge in [-0.2, -0.15) is 0 Å². The molecule has 7 aromatic rings. The number of benzene rings is 5. The van der Waals surface area contributed by atoms with Gasteiger partial charge in [-0.1, -0.05) is 78.9 Å². The van der Waals surface area contributed by atoms with Crippen molar-refractivity contribution in [3.63, 3.8) is 0 Å². The van der Waals surface area contributed by atoms with Crippen LogP contribution in [0.15, 0.2) is 126 Å². The number of furan rings is 1. The van der Waals surface area contributed by atoms with E-state index in [-0.39, 0.29) is 0 Å². The summed E-state index contributed by atoms with van der Waals surface area (Å²) in [6.07, 6.45) is 1.90. The molecule has 0 radical (unpaired) electrons. The summed E-state index contributed by atoms with van der Waals surface area (Å²) >= 11 is 0. The van der Waals surface area contributed by atoms with Crippen molar-refractivity contribution in [2.45, 2.75) is 6.92 Å².